The molecular weight excluding hydrogens is 291 g/mol. The minimum atomic E-state index is -0.308. The summed E-state index contributed by atoms with van der Waals surface area (Å²) < 4.78 is 14.0. The number of aromatic nitrogens is 3. The lowest BCUT2D eigenvalue weighted by Gasteiger charge is -2.08. The zero-order valence-electron chi connectivity index (χ0n) is 12.4. The Morgan fingerprint density at radius 1 is 1.04 bits per heavy atom. The molecular formula is C18H15FN4. The van der Waals surface area contributed by atoms with Crippen molar-refractivity contribution in [2.24, 2.45) is 0 Å². The molecule has 0 aliphatic carbocycles. The van der Waals surface area contributed by atoms with Gasteiger partial charge >= 0.3 is 0 Å². The fourth-order valence-corrected chi connectivity index (χ4v) is 2.86. The van der Waals surface area contributed by atoms with Crippen molar-refractivity contribution in [2.45, 2.75) is 6.42 Å². The van der Waals surface area contributed by atoms with E-state index in [2.05, 4.69) is 32.4 Å². The first kappa shape index (κ1) is 13.7. The molecule has 0 radical (unpaired) electrons. The van der Waals surface area contributed by atoms with Gasteiger partial charge in [0, 0.05) is 23.6 Å². The number of fused-ring (bicyclic) bond motifs is 2. The molecule has 0 spiro atoms. The molecule has 5 heteroatoms. The molecule has 2 heterocycles. The molecule has 2 aromatic heterocycles. The van der Waals surface area contributed by atoms with E-state index in [1.807, 2.05) is 18.3 Å². The monoisotopic (exact) mass is 306 g/mol. The number of para-hydroxylation sites is 1. The summed E-state index contributed by atoms with van der Waals surface area (Å²) in [6.45, 7) is 0.669. The van der Waals surface area contributed by atoms with Gasteiger partial charge in [-0.3, -0.25) is 0 Å². The number of rotatable bonds is 4. The number of anilines is 1. The number of benzene rings is 2. The van der Waals surface area contributed by atoms with Crippen LogP contribution in [0.4, 0.5) is 10.2 Å². The quantitative estimate of drug-likeness (QED) is 0.601. The summed E-state index contributed by atoms with van der Waals surface area (Å²) in [6, 6.07) is 13.1. The van der Waals surface area contributed by atoms with Gasteiger partial charge in [0.05, 0.1) is 10.9 Å². The third-order valence-electron chi connectivity index (χ3n) is 3.97. The number of aromatic amines is 1. The van der Waals surface area contributed by atoms with Crippen molar-refractivity contribution in [3.63, 3.8) is 0 Å². The maximum absolute atomic E-state index is 14.0. The number of nitrogens with zero attached hydrogens (tertiary/aromatic N) is 2. The maximum atomic E-state index is 14.0. The van der Waals surface area contributed by atoms with Gasteiger partial charge in [0.15, 0.2) is 0 Å². The van der Waals surface area contributed by atoms with Crippen molar-refractivity contribution in [2.75, 3.05) is 11.9 Å². The van der Waals surface area contributed by atoms with Gasteiger partial charge in [-0.25, -0.2) is 14.4 Å². The van der Waals surface area contributed by atoms with Gasteiger partial charge in [-0.15, -0.1) is 0 Å². The van der Waals surface area contributed by atoms with Crippen LogP contribution in [0.5, 0.6) is 0 Å². The van der Waals surface area contributed by atoms with Crippen LogP contribution in [0.1, 0.15) is 5.56 Å². The van der Waals surface area contributed by atoms with Crippen LogP contribution >= 0.6 is 0 Å². The number of hydrogen-bond donors (Lipinski definition) is 2. The van der Waals surface area contributed by atoms with E-state index < -0.39 is 0 Å². The molecule has 0 fully saturated rings. The van der Waals surface area contributed by atoms with E-state index >= 15 is 0 Å². The van der Waals surface area contributed by atoms with E-state index in [0.717, 1.165) is 11.9 Å². The third kappa shape index (κ3) is 2.50. The molecule has 0 aliphatic rings. The van der Waals surface area contributed by atoms with Gasteiger partial charge < -0.3 is 10.3 Å². The van der Waals surface area contributed by atoms with Crippen LogP contribution in [0.2, 0.25) is 0 Å². The van der Waals surface area contributed by atoms with Crippen LogP contribution in [0.15, 0.2) is 55.0 Å². The first-order valence-electron chi connectivity index (χ1n) is 7.51. The molecule has 0 unspecified atom stereocenters. The summed E-state index contributed by atoms with van der Waals surface area (Å²) in [4.78, 5) is 11.5. The van der Waals surface area contributed by atoms with Gasteiger partial charge in [-0.1, -0.05) is 24.3 Å². The normalized spacial score (nSPS) is 11.2. The fraction of sp³-hybridized carbons (Fsp3) is 0.111. The highest BCUT2D eigenvalue weighted by atomic mass is 19.1. The van der Waals surface area contributed by atoms with E-state index in [0.29, 0.717) is 23.3 Å². The van der Waals surface area contributed by atoms with Crippen LogP contribution < -0.4 is 5.32 Å². The second-order valence-corrected chi connectivity index (χ2v) is 5.39. The van der Waals surface area contributed by atoms with E-state index in [4.69, 9.17) is 0 Å². The van der Waals surface area contributed by atoms with Gasteiger partial charge in [-0.05, 0) is 30.2 Å². The molecule has 0 aliphatic heterocycles. The predicted molar refractivity (Wildman–Crippen MR) is 90.0 cm³/mol. The Kier molecular flexibility index (Phi) is 3.38. The molecule has 23 heavy (non-hydrogen) atoms. The van der Waals surface area contributed by atoms with Gasteiger partial charge in [0.25, 0.3) is 0 Å². The van der Waals surface area contributed by atoms with E-state index in [1.165, 1.54) is 23.3 Å². The molecule has 0 atom stereocenters. The topological polar surface area (TPSA) is 53.6 Å². The van der Waals surface area contributed by atoms with Gasteiger partial charge in [0.2, 0.25) is 0 Å². The highest BCUT2D eigenvalue weighted by Gasteiger charge is 2.08. The Balaban J connectivity index is 1.56. The molecule has 0 saturated carbocycles. The zero-order chi connectivity index (χ0) is 15.6. The van der Waals surface area contributed by atoms with Crippen LogP contribution in [0.25, 0.3) is 21.8 Å². The van der Waals surface area contributed by atoms with Crippen LogP contribution in [0, 0.1) is 5.82 Å². The van der Waals surface area contributed by atoms with Crippen molar-refractivity contribution in [3.05, 3.63) is 66.4 Å². The number of halogens is 1. The smallest absolute Gasteiger partial charge is 0.140 e. The van der Waals surface area contributed by atoms with Crippen molar-refractivity contribution >= 4 is 27.6 Å². The van der Waals surface area contributed by atoms with Gasteiger partial charge in [0.1, 0.15) is 18.0 Å². The van der Waals surface area contributed by atoms with Gasteiger partial charge in [-0.2, -0.15) is 0 Å². The Hall–Kier alpha value is -2.95. The second-order valence-electron chi connectivity index (χ2n) is 5.39. The lowest BCUT2D eigenvalue weighted by molar-refractivity contribution is 0.639. The summed E-state index contributed by atoms with van der Waals surface area (Å²) in [5, 5.41) is 4.88. The molecule has 4 rings (SSSR count). The highest BCUT2D eigenvalue weighted by molar-refractivity contribution is 5.89. The summed E-state index contributed by atoms with van der Waals surface area (Å²) >= 11 is 0. The molecule has 0 amide bonds. The highest BCUT2D eigenvalue weighted by Crippen LogP contribution is 2.23. The number of nitrogens with one attached hydrogen (secondary N) is 2. The Morgan fingerprint density at radius 2 is 1.96 bits per heavy atom. The van der Waals surface area contributed by atoms with Crippen molar-refractivity contribution in [3.8, 4) is 0 Å². The minimum absolute atomic E-state index is 0.308. The molecule has 114 valence electrons. The first-order valence-corrected chi connectivity index (χ1v) is 7.51. The fourth-order valence-electron chi connectivity index (χ4n) is 2.86. The first-order chi connectivity index (χ1) is 11.3. The average Bonchev–Trinajstić information content (AvgIpc) is 2.99. The number of H-pyrrole nitrogens is 1. The largest absolute Gasteiger partial charge is 0.369 e. The molecule has 0 bridgehead atoms. The Morgan fingerprint density at radius 3 is 2.91 bits per heavy atom. The standard InChI is InChI=1S/C18H15FN4/c19-14-5-3-7-16-17(14)18(23-11-22-16)20-9-8-12-10-21-15-6-2-1-4-13(12)15/h1-7,10-11,21H,8-9H2,(H,20,22,23). The average molecular weight is 306 g/mol. The molecule has 2 aromatic carbocycles. The van der Waals surface area contributed by atoms with Crippen molar-refractivity contribution < 1.29 is 4.39 Å². The second kappa shape index (κ2) is 5.68. The summed E-state index contributed by atoms with van der Waals surface area (Å²) in [7, 11) is 0. The summed E-state index contributed by atoms with van der Waals surface area (Å²) in [5.41, 5.74) is 2.96. The van der Waals surface area contributed by atoms with Crippen LogP contribution in [-0.4, -0.2) is 21.5 Å². The Bertz CT molecular complexity index is 972. The molecule has 2 N–H and O–H groups in total. The third-order valence-corrected chi connectivity index (χ3v) is 3.97. The predicted octanol–water partition coefficient (Wildman–Crippen LogP) is 3.90. The van der Waals surface area contributed by atoms with E-state index in [1.54, 1.807) is 12.1 Å². The molecule has 4 aromatic rings. The van der Waals surface area contributed by atoms with Crippen LogP contribution in [-0.2, 0) is 6.42 Å². The number of hydrogen-bond acceptors (Lipinski definition) is 3. The van der Waals surface area contributed by atoms with Crippen LogP contribution in [0.3, 0.4) is 0 Å². The summed E-state index contributed by atoms with van der Waals surface area (Å²) in [5.74, 6) is 0.227. The van der Waals surface area contributed by atoms with E-state index in [9.17, 15) is 4.39 Å². The minimum Gasteiger partial charge on any atom is -0.369 e. The lowest BCUT2D eigenvalue weighted by Crippen LogP contribution is -2.07. The van der Waals surface area contributed by atoms with E-state index in [-0.39, 0.29) is 5.82 Å². The van der Waals surface area contributed by atoms with Crippen molar-refractivity contribution in [1.82, 2.24) is 15.0 Å². The SMILES string of the molecule is Fc1cccc2ncnc(NCCc3c[nH]c4ccccc34)c12. The summed E-state index contributed by atoms with van der Waals surface area (Å²) in [6.07, 6.45) is 4.30. The van der Waals surface area contributed by atoms with Crippen molar-refractivity contribution in [1.29, 1.82) is 0 Å². The lowest BCUT2D eigenvalue weighted by atomic mass is 10.1. The molecule has 0 saturated heterocycles. The Labute approximate surface area is 132 Å². The molecule has 4 nitrogen and oxygen atoms in total. The maximum Gasteiger partial charge on any atom is 0.140 e. The zero-order valence-corrected chi connectivity index (χ0v) is 12.4.